The molecule has 2 rings (SSSR count). The van der Waals surface area contributed by atoms with Gasteiger partial charge in [-0.15, -0.1) is 0 Å². The van der Waals surface area contributed by atoms with Gasteiger partial charge in [0.1, 0.15) is 5.82 Å². The van der Waals surface area contributed by atoms with Gasteiger partial charge in [-0.2, -0.15) is 0 Å². The van der Waals surface area contributed by atoms with Crippen LogP contribution in [0.5, 0.6) is 0 Å². The maximum atomic E-state index is 13.6. The molecule has 0 aliphatic carbocycles. The highest BCUT2D eigenvalue weighted by atomic mass is 79.9. The Morgan fingerprint density at radius 2 is 1.90 bits per heavy atom. The summed E-state index contributed by atoms with van der Waals surface area (Å²) in [5.41, 5.74) is 1.26. The highest BCUT2D eigenvalue weighted by molar-refractivity contribution is 9.10. The molecule has 0 saturated carbocycles. The molecule has 1 atom stereocenters. The van der Waals surface area contributed by atoms with Gasteiger partial charge in [0, 0.05) is 22.6 Å². The molecule has 6 heteroatoms. The predicted octanol–water partition coefficient (Wildman–Crippen LogP) is 4.67. The summed E-state index contributed by atoms with van der Waals surface area (Å²) in [5.74, 6) is -0.345. The van der Waals surface area contributed by atoms with Crippen LogP contribution in [0.4, 0.5) is 15.8 Å². The van der Waals surface area contributed by atoms with Gasteiger partial charge in [0.05, 0.1) is 10.6 Å². The maximum Gasteiger partial charge on any atom is 0.269 e. The van der Waals surface area contributed by atoms with Crippen molar-refractivity contribution < 1.29 is 9.31 Å². The average Bonchev–Trinajstić information content (AvgIpc) is 2.43. The molecule has 0 heterocycles. The molecule has 0 amide bonds. The number of nitro benzene ring substituents is 1. The van der Waals surface area contributed by atoms with Crippen molar-refractivity contribution in [3.8, 4) is 0 Å². The lowest BCUT2D eigenvalue weighted by molar-refractivity contribution is -0.384. The van der Waals surface area contributed by atoms with Crippen LogP contribution >= 0.6 is 15.9 Å². The van der Waals surface area contributed by atoms with Gasteiger partial charge in [-0.1, -0.05) is 28.1 Å². The Morgan fingerprint density at radius 1 is 1.25 bits per heavy atom. The van der Waals surface area contributed by atoms with Crippen molar-refractivity contribution in [1.82, 2.24) is 0 Å². The van der Waals surface area contributed by atoms with Gasteiger partial charge in [-0.05, 0) is 30.7 Å². The number of non-ortho nitro benzene ring substituents is 1. The van der Waals surface area contributed by atoms with Crippen molar-refractivity contribution in [2.75, 3.05) is 5.32 Å². The smallest absolute Gasteiger partial charge is 0.269 e. The molecule has 0 aliphatic rings. The third kappa shape index (κ3) is 3.33. The molecule has 2 aromatic carbocycles. The van der Waals surface area contributed by atoms with Crippen molar-refractivity contribution in [3.05, 3.63) is 68.4 Å². The van der Waals surface area contributed by atoms with Crippen molar-refractivity contribution in [1.29, 1.82) is 0 Å². The molecule has 0 aliphatic heterocycles. The van der Waals surface area contributed by atoms with Crippen molar-refractivity contribution >= 4 is 27.3 Å². The number of anilines is 1. The summed E-state index contributed by atoms with van der Waals surface area (Å²) in [7, 11) is 0. The first-order valence-electron chi connectivity index (χ1n) is 5.93. The fourth-order valence-electron chi connectivity index (χ4n) is 1.81. The van der Waals surface area contributed by atoms with Crippen molar-refractivity contribution in [2.24, 2.45) is 0 Å². The topological polar surface area (TPSA) is 55.2 Å². The van der Waals surface area contributed by atoms with Crippen LogP contribution in [-0.2, 0) is 0 Å². The van der Waals surface area contributed by atoms with Gasteiger partial charge >= 0.3 is 0 Å². The molecule has 0 spiro atoms. The molecule has 20 heavy (non-hydrogen) atoms. The minimum Gasteiger partial charge on any atom is -0.376 e. The number of hydrogen-bond donors (Lipinski definition) is 1. The number of benzene rings is 2. The summed E-state index contributed by atoms with van der Waals surface area (Å²) < 4.78 is 14.4. The third-order valence-electron chi connectivity index (χ3n) is 2.90. The van der Waals surface area contributed by atoms with Gasteiger partial charge in [0.2, 0.25) is 0 Å². The van der Waals surface area contributed by atoms with Crippen LogP contribution in [-0.4, -0.2) is 4.92 Å². The first kappa shape index (κ1) is 14.5. The van der Waals surface area contributed by atoms with E-state index >= 15 is 0 Å². The Balaban J connectivity index is 2.17. The molecular weight excluding hydrogens is 327 g/mol. The SMILES string of the molecule is CC(Nc1cc(Br)ccc1F)c1ccc([N+](=O)[O-])cc1. The average molecular weight is 339 g/mol. The summed E-state index contributed by atoms with van der Waals surface area (Å²) in [4.78, 5) is 10.1. The van der Waals surface area contributed by atoms with E-state index in [1.54, 1.807) is 24.3 Å². The number of nitro groups is 1. The first-order chi connectivity index (χ1) is 9.47. The molecule has 0 aromatic heterocycles. The molecule has 0 saturated heterocycles. The second kappa shape index (κ2) is 6.00. The number of halogens is 2. The zero-order chi connectivity index (χ0) is 14.7. The van der Waals surface area contributed by atoms with E-state index in [1.165, 1.54) is 18.2 Å². The molecule has 104 valence electrons. The van der Waals surface area contributed by atoms with E-state index in [9.17, 15) is 14.5 Å². The zero-order valence-electron chi connectivity index (χ0n) is 10.6. The van der Waals surface area contributed by atoms with Crippen LogP contribution in [0.3, 0.4) is 0 Å². The Morgan fingerprint density at radius 3 is 2.50 bits per heavy atom. The van der Waals surface area contributed by atoms with Crippen molar-refractivity contribution in [2.45, 2.75) is 13.0 Å². The van der Waals surface area contributed by atoms with Crippen LogP contribution < -0.4 is 5.32 Å². The minimum atomic E-state index is -0.449. The molecule has 2 aromatic rings. The lowest BCUT2D eigenvalue weighted by Crippen LogP contribution is -2.08. The predicted molar refractivity (Wildman–Crippen MR) is 79.2 cm³/mol. The second-order valence-corrected chi connectivity index (χ2v) is 5.25. The van der Waals surface area contributed by atoms with E-state index in [-0.39, 0.29) is 17.5 Å². The van der Waals surface area contributed by atoms with Crippen LogP contribution in [0.25, 0.3) is 0 Å². The number of nitrogens with one attached hydrogen (secondary N) is 1. The summed E-state index contributed by atoms with van der Waals surface area (Å²) in [6, 6.07) is 10.7. The molecule has 0 fully saturated rings. The Kier molecular flexibility index (Phi) is 4.34. The fourth-order valence-corrected chi connectivity index (χ4v) is 2.17. The van der Waals surface area contributed by atoms with Gasteiger partial charge < -0.3 is 5.32 Å². The lowest BCUT2D eigenvalue weighted by Gasteiger charge is -2.16. The van der Waals surface area contributed by atoms with E-state index in [2.05, 4.69) is 21.2 Å². The monoisotopic (exact) mass is 338 g/mol. The molecule has 0 radical (unpaired) electrons. The van der Waals surface area contributed by atoms with E-state index in [0.717, 1.165) is 10.0 Å². The molecule has 0 bridgehead atoms. The zero-order valence-corrected chi connectivity index (χ0v) is 12.2. The summed E-state index contributed by atoms with van der Waals surface area (Å²) in [5, 5.41) is 13.6. The van der Waals surface area contributed by atoms with Gasteiger partial charge in [0.25, 0.3) is 5.69 Å². The van der Waals surface area contributed by atoms with Crippen molar-refractivity contribution in [3.63, 3.8) is 0 Å². The number of rotatable bonds is 4. The third-order valence-corrected chi connectivity index (χ3v) is 3.40. The quantitative estimate of drug-likeness (QED) is 0.651. The summed E-state index contributed by atoms with van der Waals surface area (Å²) >= 11 is 3.29. The largest absolute Gasteiger partial charge is 0.376 e. The van der Waals surface area contributed by atoms with E-state index in [4.69, 9.17) is 0 Å². The summed E-state index contributed by atoms with van der Waals surface area (Å²) in [6.45, 7) is 1.86. The number of hydrogen-bond acceptors (Lipinski definition) is 3. The Hall–Kier alpha value is -1.95. The molecule has 1 N–H and O–H groups in total. The van der Waals surface area contributed by atoms with E-state index in [0.29, 0.717) is 5.69 Å². The lowest BCUT2D eigenvalue weighted by atomic mass is 10.1. The van der Waals surface area contributed by atoms with Gasteiger partial charge in [-0.25, -0.2) is 4.39 Å². The van der Waals surface area contributed by atoms with Gasteiger partial charge in [0.15, 0.2) is 0 Å². The van der Waals surface area contributed by atoms with Crippen LogP contribution in [0.1, 0.15) is 18.5 Å². The number of nitrogens with zero attached hydrogens (tertiary/aromatic N) is 1. The fraction of sp³-hybridized carbons (Fsp3) is 0.143. The van der Waals surface area contributed by atoms with Crippen LogP contribution in [0.2, 0.25) is 0 Å². The van der Waals surface area contributed by atoms with Crippen LogP contribution in [0, 0.1) is 15.9 Å². The highest BCUT2D eigenvalue weighted by Crippen LogP contribution is 2.25. The highest BCUT2D eigenvalue weighted by Gasteiger charge is 2.11. The Labute approximate surface area is 123 Å². The summed E-state index contributed by atoms with van der Waals surface area (Å²) in [6.07, 6.45) is 0. The molecule has 1 unspecified atom stereocenters. The minimum absolute atomic E-state index is 0.0367. The maximum absolute atomic E-state index is 13.6. The van der Waals surface area contributed by atoms with Crippen LogP contribution in [0.15, 0.2) is 46.9 Å². The molecule has 4 nitrogen and oxygen atoms in total. The van der Waals surface area contributed by atoms with Gasteiger partial charge in [-0.3, -0.25) is 10.1 Å². The first-order valence-corrected chi connectivity index (χ1v) is 6.72. The normalized spacial score (nSPS) is 11.9. The van der Waals surface area contributed by atoms with E-state index < -0.39 is 4.92 Å². The standard InChI is InChI=1S/C14H12BrFN2O2/c1-9(10-2-5-12(6-3-10)18(19)20)17-14-8-11(15)4-7-13(14)16/h2-9,17H,1H3. The molecular formula is C14H12BrFN2O2. The Bertz CT molecular complexity index is 632. The second-order valence-electron chi connectivity index (χ2n) is 4.34. The van der Waals surface area contributed by atoms with E-state index in [1.807, 2.05) is 6.92 Å².